The first kappa shape index (κ1) is 12.7. The lowest BCUT2D eigenvalue weighted by atomic mass is 9.74. The molecular formula is C13H26. The molecule has 1 unspecified atom stereocenters. The molecule has 0 heteroatoms. The minimum absolute atomic E-state index is 0.263. The van der Waals surface area contributed by atoms with E-state index in [4.69, 9.17) is 0 Å². The van der Waals surface area contributed by atoms with E-state index in [0.717, 1.165) is 6.42 Å². The highest BCUT2D eigenvalue weighted by Crippen LogP contribution is 2.35. The molecule has 0 aromatic rings. The van der Waals surface area contributed by atoms with Gasteiger partial charge >= 0.3 is 0 Å². The first-order valence-electron chi connectivity index (χ1n) is 5.23. The molecule has 0 saturated heterocycles. The first-order valence-corrected chi connectivity index (χ1v) is 5.23. The zero-order valence-corrected chi connectivity index (χ0v) is 10.5. The first-order chi connectivity index (χ1) is 5.55. The van der Waals surface area contributed by atoms with Crippen molar-refractivity contribution in [1.82, 2.24) is 0 Å². The van der Waals surface area contributed by atoms with Gasteiger partial charge in [-0.2, -0.15) is 0 Å². The van der Waals surface area contributed by atoms with E-state index in [1.165, 1.54) is 5.57 Å². The summed E-state index contributed by atoms with van der Waals surface area (Å²) in [6.45, 7) is 20.1. The van der Waals surface area contributed by atoms with Crippen molar-refractivity contribution < 1.29 is 0 Å². The Bertz CT molecular complexity index is 173. The van der Waals surface area contributed by atoms with Gasteiger partial charge in [0.25, 0.3) is 0 Å². The van der Waals surface area contributed by atoms with E-state index >= 15 is 0 Å². The third kappa shape index (κ3) is 4.50. The second-order valence-electron chi connectivity index (χ2n) is 6.32. The van der Waals surface area contributed by atoms with Crippen LogP contribution in [0.15, 0.2) is 12.2 Å². The van der Waals surface area contributed by atoms with Crippen LogP contribution < -0.4 is 0 Å². The summed E-state index contributed by atoms with van der Waals surface area (Å²) in [5.41, 5.74) is 2.03. The highest BCUT2D eigenvalue weighted by molar-refractivity contribution is 5.06. The van der Waals surface area contributed by atoms with Crippen LogP contribution in [0.25, 0.3) is 0 Å². The van der Waals surface area contributed by atoms with Crippen molar-refractivity contribution in [3.05, 3.63) is 12.2 Å². The van der Waals surface area contributed by atoms with Crippen LogP contribution in [0, 0.1) is 16.7 Å². The van der Waals surface area contributed by atoms with E-state index < -0.39 is 0 Å². The van der Waals surface area contributed by atoms with Gasteiger partial charge in [0, 0.05) is 0 Å². The lowest BCUT2D eigenvalue weighted by Gasteiger charge is -2.31. The van der Waals surface area contributed by atoms with Crippen LogP contribution in [0.5, 0.6) is 0 Å². The molecule has 0 fully saturated rings. The molecule has 0 aliphatic rings. The van der Waals surface area contributed by atoms with Crippen LogP contribution in [0.4, 0.5) is 0 Å². The topological polar surface area (TPSA) is 0 Å². The van der Waals surface area contributed by atoms with Gasteiger partial charge in [-0.25, -0.2) is 0 Å². The van der Waals surface area contributed by atoms with Crippen LogP contribution in [-0.4, -0.2) is 0 Å². The Morgan fingerprint density at radius 2 is 1.46 bits per heavy atom. The Kier molecular flexibility index (Phi) is 3.78. The summed E-state index contributed by atoms with van der Waals surface area (Å²) in [6, 6.07) is 0. The summed E-state index contributed by atoms with van der Waals surface area (Å²) in [7, 11) is 0. The minimum Gasteiger partial charge on any atom is -0.0993 e. The maximum atomic E-state index is 4.18. The largest absolute Gasteiger partial charge is 0.0993 e. The second kappa shape index (κ2) is 3.86. The summed E-state index contributed by atoms with van der Waals surface area (Å²) < 4.78 is 0. The van der Waals surface area contributed by atoms with Crippen molar-refractivity contribution in [2.24, 2.45) is 16.7 Å². The van der Waals surface area contributed by atoms with E-state index in [-0.39, 0.29) is 5.41 Å². The fraction of sp³-hybridized carbons (Fsp3) is 0.846. The lowest BCUT2D eigenvalue weighted by Crippen LogP contribution is -2.20. The van der Waals surface area contributed by atoms with E-state index in [2.05, 4.69) is 55.0 Å². The molecule has 0 bridgehead atoms. The van der Waals surface area contributed by atoms with Crippen LogP contribution in [-0.2, 0) is 0 Å². The fourth-order valence-electron chi connectivity index (χ4n) is 0.982. The van der Waals surface area contributed by atoms with E-state index in [1.54, 1.807) is 0 Å². The molecule has 1 atom stereocenters. The lowest BCUT2D eigenvalue weighted by molar-refractivity contribution is 0.249. The van der Waals surface area contributed by atoms with Gasteiger partial charge in [0.1, 0.15) is 0 Å². The number of allylic oxidation sites excluding steroid dienone is 1. The minimum atomic E-state index is 0.263. The molecule has 0 heterocycles. The van der Waals surface area contributed by atoms with Crippen molar-refractivity contribution in [1.29, 1.82) is 0 Å². The quantitative estimate of drug-likeness (QED) is 0.545. The van der Waals surface area contributed by atoms with E-state index in [1.807, 2.05) is 0 Å². The third-order valence-electron chi connectivity index (χ3n) is 3.09. The zero-order valence-electron chi connectivity index (χ0n) is 10.5. The molecule has 0 aliphatic carbocycles. The highest BCUT2D eigenvalue weighted by Gasteiger charge is 2.24. The van der Waals surface area contributed by atoms with E-state index in [0.29, 0.717) is 11.3 Å². The predicted molar refractivity (Wildman–Crippen MR) is 61.8 cm³/mol. The van der Waals surface area contributed by atoms with Crippen molar-refractivity contribution in [3.63, 3.8) is 0 Å². The predicted octanol–water partition coefficient (Wildman–Crippen LogP) is 4.66. The van der Waals surface area contributed by atoms with Crippen molar-refractivity contribution >= 4 is 0 Å². The van der Waals surface area contributed by atoms with Gasteiger partial charge < -0.3 is 0 Å². The smallest absolute Gasteiger partial charge is 0.0176 e. The molecule has 0 aromatic heterocycles. The molecule has 13 heavy (non-hydrogen) atoms. The van der Waals surface area contributed by atoms with Gasteiger partial charge in [-0.1, -0.05) is 60.6 Å². The van der Waals surface area contributed by atoms with Crippen molar-refractivity contribution in [2.75, 3.05) is 0 Å². The Balaban J connectivity index is 4.24. The second-order valence-corrected chi connectivity index (χ2v) is 6.32. The normalized spacial score (nSPS) is 15.6. The summed E-state index contributed by atoms with van der Waals surface area (Å²) >= 11 is 0. The average Bonchev–Trinajstić information content (AvgIpc) is 1.82. The summed E-state index contributed by atoms with van der Waals surface area (Å²) in [5.74, 6) is 0.708. The molecule has 0 nitrogen and oxygen atoms in total. The van der Waals surface area contributed by atoms with Gasteiger partial charge in [-0.15, -0.1) is 0 Å². The molecule has 0 N–H and O–H groups in total. The van der Waals surface area contributed by atoms with Gasteiger partial charge in [-0.05, 0) is 23.2 Å². The number of hydrogen-bond acceptors (Lipinski definition) is 0. The average molecular weight is 182 g/mol. The zero-order chi connectivity index (χ0) is 10.9. The Morgan fingerprint density at radius 1 is 1.08 bits per heavy atom. The van der Waals surface area contributed by atoms with Gasteiger partial charge in [0.15, 0.2) is 0 Å². The van der Waals surface area contributed by atoms with Crippen LogP contribution >= 0.6 is 0 Å². The van der Waals surface area contributed by atoms with Crippen LogP contribution in [0.2, 0.25) is 0 Å². The summed E-state index contributed by atoms with van der Waals surface area (Å²) in [5, 5.41) is 0. The number of rotatable bonds is 2. The van der Waals surface area contributed by atoms with Crippen LogP contribution in [0.1, 0.15) is 54.9 Å². The molecule has 0 amide bonds. The SMILES string of the molecule is C=C(CC(C)C(C)(C)C)C(C)(C)C. The Hall–Kier alpha value is -0.260. The molecule has 0 radical (unpaired) electrons. The van der Waals surface area contributed by atoms with Gasteiger partial charge in [0.05, 0.1) is 0 Å². The summed E-state index contributed by atoms with van der Waals surface area (Å²) in [6.07, 6.45) is 1.15. The number of hydrogen-bond donors (Lipinski definition) is 0. The molecule has 0 aromatic carbocycles. The highest BCUT2D eigenvalue weighted by atomic mass is 14.3. The van der Waals surface area contributed by atoms with E-state index in [9.17, 15) is 0 Å². The maximum Gasteiger partial charge on any atom is -0.0176 e. The molecule has 0 saturated carbocycles. The van der Waals surface area contributed by atoms with Crippen LogP contribution in [0.3, 0.4) is 0 Å². The van der Waals surface area contributed by atoms with Gasteiger partial charge in [-0.3, -0.25) is 0 Å². The molecule has 0 spiro atoms. The molecule has 0 aliphatic heterocycles. The van der Waals surface area contributed by atoms with Crippen molar-refractivity contribution in [3.8, 4) is 0 Å². The third-order valence-corrected chi connectivity index (χ3v) is 3.09. The van der Waals surface area contributed by atoms with Gasteiger partial charge in [0.2, 0.25) is 0 Å². The molecular weight excluding hydrogens is 156 g/mol. The fourth-order valence-corrected chi connectivity index (χ4v) is 0.982. The monoisotopic (exact) mass is 182 g/mol. The molecule has 0 rings (SSSR count). The standard InChI is InChI=1S/C13H26/c1-10(12(3,4)5)9-11(2)13(6,7)8/h11H,1,9H2,2-8H3. The summed E-state index contributed by atoms with van der Waals surface area (Å²) in [4.78, 5) is 0. The Labute approximate surface area is 84.4 Å². The van der Waals surface area contributed by atoms with Crippen molar-refractivity contribution in [2.45, 2.75) is 54.9 Å². The molecule has 78 valence electrons. The maximum absolute atomic E-state index is 4.18. The Morgan fingerprint density at radius 3 is 1.69 bits per heavy atom.